The van der Waals surface area contributed by atoms with E-state index in [-0.39, 0.29) is 30.2 Å². The Morgan fingerprint density at radius 3 is 1.13 bits per heavy atom. The van der Waals surface area contributed by atoms with Gasteiger partial charge in [-0.05, 0) is 11.1 Å². The van der Waals surface area contributed by atoms with Crippen LogP contribution in [0.15, 0.2) is 97.1 Å². The molecule has 0 aliphatic rings. The van der Waals surface area contributed by atoms with E-state index >= 15 is 0 Å². The first-order valence-electron chi connectivity index (χ1n) is 14.5. The van der Waals surface area contributed by atoms with Crippen molar-refractivity contribution in [1.82, 2.24) is 0 Å². The zero-order valence-electron chi connectivity index (χ0n) is 26.7. The van der Waals surface area contributed by atoms with Gasteiger partial charge in [-0.15, -0.1) is 126 Å². The Morgan fingerprint density at radius 2 is 0.848 bits per heavy atom. The zero-order chi connectivity index (χ0) is 32.1. The molecule has 0 atom stereocenters. The van der Waals surface area contributed by atoms with E-state index in [9.17, 15) is 0 Å². The van der Waals surface area contributed by atoms with Crippen LogP contribution in [-0.2, 0) is 23.3 Å². The molecule has 6 rings (SSSR count). The molecular formula is C38H36Cl6SiZr-2. The van der Waals surface area contributed by atoms with E-state index in [0.29, 0.717) is 0 Å². The van der Waals surface area contributed by atoms with E-state index in [1.807, 2.05) is 12.1 Å². The van der Waals surface area contributed by atoms with Gasteiger partial charge in [0, 0.05) is 0 Å². The quantitative estimate of drug-likeness (QED) is 0.0987. The molecule has 0 amide bonds. The molecule has 0 spiro atoms. The molecule has 0 saturated heterocycles. The summed E-state index contributed by atoms with van der Waals surface area (Å²) in [5.74, 6) is 0. The molecule has 0 aliphatic heterocycles. The summed E-state index contributed by atoms with van der Waals surface area (Å²) in [7, 11) is 0. The topological polar surface area (TPSA) is 0 Å². The molecule has 0 aliphatic carbocycles. The van der Waals surface area contributed by atoms with Crippen molar-refractivity contribution in [3.8, 4) is 22.3 Å². The molecule has 6 aromatic carbocycles. The third-order valence-corrected chi connectivity index (χ3v) is 8.52. The molecular weight excluding hydrogens is 788 g/mol. The Hall–Kier alpha value is -1.06. The van der Waals surface area contributed by atoms with E-state index in [1.165, 1.54) is 54.9 Å². The first kappa shape index (κ1) is 41.1. The molecule has 0 bridgehead atoms. The van der Waals surface area contributed by atoms with Crippen LogP contribution in [0.4, 0.5) is 0 Å². The Morgan fingerprint density at radius 1 is 0.543 bits per heavy atom. The van der Waals surface area contributed by atoms with Crippen LogP contribution in [0, 0.1) is 27.7 Å². The van der Waals surface area contributed by atoms with Crippen molar-refractivity contribution in [3.05, 3.63) is 130 Å². The van der Waals surface area contributed by atoms with Crippen molar-refractivity contribution in [1.29, 1.82) is 0 Å². The predicted octanol–water partition coefficient (Wildman–Crippen LogP) is 7.43. The fourth-order valence-electron chi connectivity index (χ4n) is 5.66. The smallest absolute Gasteiger partial charge is 0.0930 e. The summed E-state index contributed by atoms with van der Waals surface area (Å²) in [6, 6.07) is 33.7. The summed E-state index contributed by atoms with van der Waals surface area (Å²) in [5, 5.41) is 4.85. The molecule has 0 radical (unpaired) electrons. The van der Waals surface area contributed by atoms with Gasteiger partial charge in [0.1, 0.15) is 0 Å². The van der Waals surface area contributed by atoms with Crippen molar-refractivity contribution >= 4 is 73.4 Å². The second-order valence-electron chi connectivity index (χ2n) is 11.3. The largest absolute Gasteiger partial charge is 1.00 e. The SMILES string of the molecule is C[Si](C)=[Zr+2].Cc1[cH-]c2c(C)ccc(-c3ccccc3)c2c1C(Cl)Cl.Cc1[cH-]c2c(C)ccc(-c3ccccc3)c2c1C(Cl)Cl.[Cl-].[Cl-]. The van der Waals surface area contributed by atoms with Gasteiger partial charge in [-0.2, -0.15) is 0 Å². The third kappa shape index (κ3) is 9.55. The van der Waals surface area contributed by atoms with Crippen LogP contribution >= 0.6 is 46.4 Å². The van der Waals surface area contributed by atoms with Crippen LogP contribution in [0.25, 0.3) is 43.8 Å². The molecule has 0 N–H and O–H groups in total. The molecule has 46 heavy (non-hydrogen) atoms. The Kier molecular flexibility index (Phi) is 16.7. The van der Waals surface area contributed by atoms with Gasteiger partial charge in [-0.25, -0.2) is 0 Å². The second kappa shape index (κ2) is 18.6. The van der Waals surface area contributed by atoms with E-state index in [1.54, 1.807) is 23.3 Å². The fraction of sp³-hybridized carbons (Fsp3) is 0.211. The van der Waals surface area contributed by atoms with Crippen molar-refractivity contribution < 1.29 is 48.1 Å². The molecule has 0 heterocycles. The van der Waals surface area contributed by atoms with Crippen molar-refractivity contribution in [2.75, 3.05) is 0 Å². The second-order valence-corrected chi connectivity index (χ2v) is 22.8. The standard InChI is InChI=1S/2C18H15Cl2.C2H6Si.2ClH.Zr/c2*1-11-8-9-14(13-6-4-3-5-7-13)17-15(11)10-12(2)16(17)18(19)20;1-3-2;;;/h2*3-10,18H,1-2H3;1-2H3;2*1H;/q2*-1;;;;+2/p-2. The van der Waals surface area contributed by atoms with E-state index in [0.717, 1.165) is 22.3 Å². The summed E-state index contributed by atoms with van der Waals surface area (Å²) in [6.07, 6.45) is 0. The molecule has 8 heteroatoms. The molecule has 0 saturated carbocycles. The first-order valence-corrected chi connectivity index (χ1v) is 22.4. The van der Waals surface area contributed by atoms with Gasteiger partial charge in [-0.1, -0.05) is 112 Å². The van der Waals surface area contributed by atoms with E-state index in [4.69, 9.17) is 46.4 Å². The Labute approximate surface area is 321 Å². The minimum Gasteiger partial charge on any atom is -1.00 e. The number of benzene rings is 4. The van der Waals surface area contributed by atoms with Crippen LogP contribution in [0.5, 0.6) is 0 Å². The molecule has 0 fully saturated rings. The van der Waals surface area contributed by atoms with Crippen molar-refractivity contribution in [2.45, 2.75) is 50.5 Å². The van der Waals surface area contributed by atoms with Gasteiger partial charge in [0.25, 0.3) is 0 Å². The maximum Gasteiger partial charge on any atom is 0.0930 e. The molecule has 0 nitrogen and oxygen atoms in total. The number of halogens is 6. The monoisotopic (exact) mass is 820 g/mol. The minimum atomic E-state index is -0.503. The van der Waals surface area contributed by atoms with Gasteiger partial charge in [0.15, 0.2) is 0 Å². The van der Waals surface area contributed by atoms with Gasteiger partial charge in [0.2, 0.25) is 0 Å². The maximum atomic E-state index is 6.21. The maximum absolute atomic E-state index is 6.21. The average Bonchev–Trinajstić information content (AvgIpc) is 3.52. The first-order chi connectivity index (χ1) is 20.9. The van der Waals surface area contributed by atoms with Gasteiger partial charge in [-0.3, -0.25) is 0 Å². The minimum absolute atomic E-state index is 0. The van der Waals surface area contributed by atoms with Gasteiger partial charge in [0.05, 0.1) is 9.67 Å². The van der Waals surface area contributed by atoms with Crippen molar-refractivity contribution in [3.63, 3.8) is 0 Å². The fourth-order valence-corrected chi connectivity index (χ4v) is 6.79. The number of fused-ring (bicyclic) bond motifs is 2. The number of alkyl halides is 4. The van der Waals surface area contributed by atoms with E-state index < -0.39 is 9.67 Å². The number of rotatable bonds is 4. The molecule has 6 aromatic rings. The number of aryl methyl sites for hydroxylation is 4. The molecule has 0 unspecified atom stereocenters. The summed E-state index contributed by atoms with van der Waals surface area (Å²) in [6.45, 7) is 13.0. The van der Waals surface area contributed by atoms with Crippen LogP contribution in [-0.4, -0.2) is 5.43 Å². The van der Waals surface area contributed by atoms with Crippen LogP contribution in [0.1, 0.15) is 43.1 Å². The third-order valence-electron chi connectivity index (χ3n) is 7.64. The summed E-state index contributed by atoms with van der Waals surface area (Å²) in [4.78, 5) is -1.01. The number of hydrogen-bond donors (Lipinski definition) is 0. The normalized spacial score (nSPS) is 10.6. The summed E-state index contributed by atoms with van der Waals surface area (Å²) >= 11 is 26.6. The van der Waals surface area contributed by atoms with Gasteiger partial charge < -0.3 is 24.8 Å². The van der Waals surface area contributed by atoms with Crippen LogP contribution < -0.4 is 24.8 Å². The van der Waals surface area contributed by atoms with Crippen LogP contribution in [0.3, 0.4) is 0 Å². The Balaban J connectivity index is 0.000000276. The summed E-state index contributed by atoms with van der Waals surface area (Å²) in [5.41, 5.74) is 11.9. The van der Waals surface area contributed by atoms with E-state index in [2.05, 4.69) is 126 Å². The summed E-state index contributed by atoms with van der Waals surface area (Å²) < 4.78 is 0. The molecule has 0 aromatic heterocycles. The Bertz CT molecular complexity index is 1750. The number of hydrogen-bond acceptors (Lipinski definition) is 0. The predicted molar refractivity (Wildman–Crippen MR) is 195 cm³/mol. The van der Waals surface area contributed by atoms with Crippen molar-refractivity contribution in [2.24, 2.45) is 0 Å². The zero-order valence-corrected chi connectivity index (χ0v) is 34.7. The average molecular weight is 825 g/mol. The van der Waals surface area contributed by atoms with Gasteiger partial charge >= 0.3 is 41.9 Å². The van der Waals surface area contributed by atoms with Crippen LogP contribution in [0.2, 0.25) is 13.1 Å². The molecule has 240 valence electrons.